The summed E-state index contributed by atoms with van der Waals surface area (Å²) in [4.78, 5) is 0. The molecule has 25 heavy (non-hydrogen) atoms. The number of hydrogen-bond donors (Lipinski definition) is 1. The van der Waals surface area contributed by atoms with Gasteiger partial charge >= 0.3 is 0 Å². The summed E-state index contributed by atoms with van der Waals surface area (Å²) in [5, 5.41) is 11.2. The van der Waals surface area contributed by atoms with E-state index in [1.807, 2.05) is 30.3 Å². The second kappa shape index (κ2) is 7.02. The first-order valence-corrected chi connectivity index (χ1v) is 8.53. The molecule has 5 nitrogen and oxygen atoms in total. The van der Waals surface area contributed by atoms with Crippen molar-refractivity contribution in [2.24, 2.45) is 0 Å². The van der Waals surface area contributed by atoms with Crippen molar-refractivity contribution in [3.05, 3.63) is 61.2 Å². The molecule has 0 bridgehead atoms. The van der Waals surface area contributed by atoms with Gasteiger partial charge in [0, 0.05) is 0 Å². The lowest BCUT2D eigenvalue weighted by molar-refractivity contribution is -0.239. The van der Waals surface area contributed by atoms with Crippen LogP contribution < -0.4 is 0 Å². The maximum Gasteiger partial charge on any atom is 0.191 e. The first-order chi connectivity index (χ1) is 11.9. The zero-order valence-corrected chi connectivity index (χ0v) is 14.8. The minimum atomic E-state index is -1.40. The molecule has 2 heterocycles. The molecule has 5 unspecified atom stereocenters. The maximum atomic E-state index is 11.2. The van der Waals surface area contributed by atoms with Gasteiger partial charge in [-0.05, 0) is 25.8 Å². The molecule has 0 aromatic heterocycles. The van der Waals surface area contributed by atoms with Crippen LogP contribution >= 0.6 is 0 Å². The number of hydrogen-bond acceptors (Lipinski definition) is 5. The molecule has 2 fully saturated rings. The Balaban J connectivity index is 1.77. The predicted octanol–water partition coefficient (Wildman–Crippen LogP) is 2.94. The minimum absolute atomic E-state index is 0.401. The smallest absolute Gasteiger partial charge is 0.191 e. The third-order valence-corrected chi connectivity index (χ3v) is 4.62. The Morgan fingerprint density at radius 2 is 1.96 bits per heavy atom. The molecule has 2 aliphatic rings. The Labute approximate surface area is 148 Å². The van der Waals surface area contributed by atoms with Crippen molar-refractivity contribution in [2.45, 2.75) is 62.9 Å². The zero-order chi connectivity index (χ0) is 18.1. The van der Waals surface area contributed by atoms with Gasteiger partial charge in [0.2, 0.25) is 0 Å². The number of ether oxygens (including phenoxy) is 4. The molecular formula is C20H26O5. The van der Waals surface area contributed by atoms with Crippen LogP contribution in [0.15, 0.2) is 55.6 Å². The number of aliphatic hydroxyl groups is 1. The van der Waals surface area contributed by atoms with Crippen molar-refractivity contribution in [2.75, 3.05) is 0 Å². The van der Waals surface area contributed by atoms with Crippen LogP contribution in [-0.2, 0) is 25.6 Å². The van der Waals surface area contributed by atoms with Gasteiger partial charge in [-0.25, -0.2) is 0 Å². The van der Waals surface area contributed by atoms with E-state index in [0.29, 0.717) is 13.0 Å². The Hall–Kier alpha value is -1.50. The van der Waals surface area contributed by atoms with Crippen LogP contribution in [0.4, 0.5) is 0 Å². The van der Waals surface area contributed by atoms with Gasteiger partial charge in [-0.3, -0.25) is 0 Å². The number of benzene rings is 1. The molecule has 0 saturated carbocycles. The minimum Gasteiger partial charge on any atom is -0.380 e. The topological polar surface area (TPSA) is 57.2 Å². The van der Waals surface area contributed by atoms with Gasteiger partial charge in [0.05, 0.1) is 12.7 Å². The van der Waals surface area contributed by atoms with Gasteiger partial charge in [0.25, 0.3) is 0 Å². The summed E-state index contributed by atoms with van der Waals surface area (Å²) in [5.41, 5.74) is -0.353. The van der Waals surface area contributed by atoms with E-state index in [9.17, 15) is 5.11 Å². The molecule has 1 aromatic carbocycles. The van der Waals surface area contributed by atoms with Crippen LogP contribution in [0.5, 0.6) is 0 Å². The Morgan fingerprint density at radius 3 is 2.60 bits per heavy atom. The highest BCUT2D eigenvalue weighted by Gasteiger charge is 2.63. The molecule has 2 saturated heterocycles. The van der Waals surface area contributed by atoms with E-state index in [1.165, 1.54) is 6.08 Å². The number of fused-ring (bicyclic) bond motifs is 1. The molecule has 1 N–H and O–H groups in total. The predicted molar refractivity (Wildman–Crippen MR) is 93.7 cm³/mol. The van der Waals surface area contributed by atoms with Crippen molar-refractivity contribution in [1.82, 2.24) is 0 Å². The highest BCUT2D eigenvalue weighted by atomic mass is 16.8. The quantitative estimate of drug-likeness (QED) is 0.769. The monoisotopic (exact) mass is 346 g/mol. The summed E-state index contributed by atoms with van der Waals surface area (Å²) >= 11 is 0. The molecule has 1 aromatic rings. The fraction of sp³-hybridized carbons (Fsp3) is 0.500. The van der Waals surface area contributed by atoms with Gasteiger partial charge in [-0.15, -0.1) is 13.2 Å². The molecular weight excluding hydrogens is 320 g/mol. The van der Waals surface area contributed by atoms with Gasteiger partial charge in [0.15, 0.2) is 12.1 Å². The van der Waals surface area contributed by atoms with Crippen molar-refractivity contribution < 1.29 is 24.1 Å². The Bertz CT molecular complexity index is 614. The SMILES string of the molecule is C=CCC(OCc1ccccc1)C1OC2OC(C)(C)OC2C1(O)C=C. The van der Waals surface area contributed by atoms with Crippen LogP contribution in [0.1, 0.15) is 25.8 Å². The van der Waals surface area contributed by atoms with Crippen LogP contribution in [0.25, 0.3) is 0 Å². The lowest BCUT2D eigenvalue weighted by atomic mass is 9.88. The van der Waals surface area contributed by atoms with E-state index in [4.69, 9.17) is 18.9 Å². The summed E-state index contributed by atoms with van der Waals surface area (Å²) in [6.45, 7) is 11.6. The first-order valence-electron chi connectivity index (χ1n) is 8.53. The second-order valence-corrected chi connectivity index (χ2v) is 6.93. The first kappa shape index (κ1) is 18.3. The average molecular weight is 346 g/mol. The van der Waals surface area contributed by atoms with E-state index in [2.05, 4.69) is 13.2 Å². The molecule has 136 valence electrons. The van der Waals surface area contributed by atoms with Crippen LogP contribution in [0.2, 0.25) is 0 Å². The zero-order valence-electron chi connectivity index (χ0n) is 14.8. The summed E-state index contributed by atoms with van der Waals surface area (Å²) < 4.78 is 23.6. The van der Waals surface area contributed by atoms with Gasteiger partial charge in [-0.1, -0.05) is 42.5 Å². The highest BCUT2D eigenvalue weighted by molar-refractivity contribution is 5.17. The normalized spacial score (nSPS) is 34.4. The third-order valence-electron chi connectivity index (χ3n) is 4.62. The summed E-state index contributed by atoms with van der Waals surface area (Å²) in [5.74, 6) is -0.809. The summed E-state index contributed by atoms with van der Waals surface area (Å²) in [7, 11) is 0. The Kier molecular flexibility index (Phi) is 5.14. The summed E-state index contributed by atoms with van der Waals surface area (Å²) in [6.07, 6.45) is 1.39. The molecule has 0 aliphatic carbocycles. The van der Waals surface area contributed by atoms with E-state index in [1.54, 1.807) is 19.9 Å². The maximum absolute atomic E-state index is 11.2. The molecule has 0 radical (unpaired) electrons. The van der Waals surface area contributed by atoms with E-state index in [0.717, 1.165) is 5.56 Å². The molecule has 5 heteroatoms. The van der Waals surface area contributed by atoms with E-state index >= 15 is 0 Å². The van der Waals surface area contributed by atoms with Crippen molar-refractivity contribution in [1.29, 1.82) is 0 Å². The molecule has 2 aliphatic heterocycles. The molecule has 0 amide bonds. The van der Waals surface area contributed by atoms with E-state index in [-0.39, 0.29) is 0 Å². The third kappa shape index (κ3) is 3.57. The van der Waals surface area contributed by atoms with Crippen molar-refractivity contribution in [3.63, 3.8) is 0 Å². The average Bonchev–Trinajstić information content (AvgIpc) is 3.04. The van der Waals surface area contributed by atoms with Crippen LogP contribution in [0.3, 0.4) is 0 Å². The van der Waals surface area contributed by atoms with Gasteiger partial charge in [-0.2, -0.15) is 0 Å². The summed E-state index contributed by atoms with van der Waals surface area (Å²) in [6, 6.07) is 9.86. The van der Waals surface area contributed by atoms with Gasteiger partial charge in [0.1, 0.15) is 17.8 Å². The van der Waals surface area contributed by atoms with Gasteiger partial charge < -0.3 is 24.1 Å². The van der Waals surface area contributed by atoms with Crippen molar-refractivity contribution >= 4 is 0 Å². The molecule has 3 rings (SSSR count). The fourth-order valence-corrected chi connectivity index (χ4v) is 3.40. The lowest BCUT2D eigenvalue weighted by Gasteiger charge is -2.35. The number of rotatable bonds is 7. The molecule has 0 spiro atoms. The highest BCUT2D eigenvalue weighted by Crippen LogP contribution is 2.45. The standard InChI is InChI=1S/C20H26O5/c1-5-10-15(22-13-14-11-8-7-9-12-14)16-20(21,6-2)17-18(23-16)25-19(3,4)24-17/h5-9,11-12,15-18,21H,1-2,10,13H2,3-4H3. The second-order valence-electron chi connectivity index (χ2n) is 6.93. The lowest BCUT2D eigenvalue weighted by Crippen LogP contribution is -2.52. The Morgan fingerprint density at radius 1 is 1.24 bits per heavy atom. The van der Waals surface area contributed by atoms with Crippen LogP contribution in [-0.4, -0.2) is 41.1 Å². The fourth-order valence-electron chi connectivity index (χ4n) is 3.40. The largest absolute Gasteiger partial charge is 0.380 e. The molecule has 5 atom stereocenters. The van der Waals surface area contributed by atoms with Crippen LogP contribution in [0, 0.1) is 0 Å². The van der Waals surface area contributed by atoms with Crippen molar-refractivity contribution in [3.8, 4) is 0 Å². The van der Waals surface area contributed by atoms with E-state index < -0.39 is 36.0 Å².